The van der Waals surface area contributed by atoms with Crippen LogP contribution in [0, 0.1) is 5.92 Å². The maximum atomic E-state index is 12.1. The third kappa shape index (κ3) is 4.60. The second-order valence-electron chi connectivity index (χ2n) is 7.43. The average molecular weight is 446 g/mol. The monoisotopic (exact) mass is 446 g/mol. The van der Waals surface area contributed by atoms with Crippen LogP contribution in [0.25, 0.3) is 0 Å². The number of hydrogen-bond acceptors (Lipinski definition) is 12. The van der Waals surface area contributed by atoms with Gasteiger partial charge >= 0.3 is 11.9 Å². The summed E-state index contributed by atoms with van der Waals surface area (Å²) in [6.07, 6.45) is -8.83. The number of aliphatic hydroxyl groups excluding tert-OH is 5. The van der Waals surface area contributed by atoms with Gasteiger partial charge in [-0.25, -0.2) is 4.79 Å². The van der Waals surface area contributed by atoms with E-state index in [4.69, 9.17) is 23.7 Å². The number of methoxy groups -OCH3 is 1. The molecule has 0 aromatic heterocycles. The molecule has 0 spiro atoms. The molecule has 0 aromatic rings. The van der Waals surface area contributed by atoms with Crippen LogP contribution in [-0.4, -0.2) is 101 Å². The number of carbonyl (C=O) groups excluding carboxylic acids is 2. The second-order valence-corrected chi connectivity index (χ2v) is 7.43. The Labute approximate surface area is 177 Å². The van der Waals surface area contributed by atoms with E-state index in [9.17, 15) is 35.1 Å². The minimum absolute atomic E-state index is 0.0742. The van der Waals surface area contributed by atoms with E-state index < -0.39 is 67.6 Å². The van der Waals surface area contributed by atoms with Crippen LogP contribution >= 0.6 is 0 Å². The molecule has 0 bridgehead atoms. The van der Waals surface area contributed by atoms with Crippen LogP contribution in [0.15, 0.2) is 23.0 Å². The number of esters is 2. The first-order valence-corrected chi connectivity index (χ1v) is 9.63. The largest absolute Gasteiger partial charge is 0.468 e. The summed E-state index contributed by atoms with van der Waals surface area (Å²) in [5.74, 6) is -1.96. The maximum absolute atomic E-state index is 12.1. The van der Waals surface area contributed by atoms with Gasteiger partial charge in [0.1, 0.15) is 31.0 Å². The lowest BCUT2D eigenvalue weighted by atomic mass is 9.90. The maximum Gasteiger partial charge on any atom is 0.337 e. The molecule has 0 aromatic carbocycles. The van der Waals surface area contributed by atoms with Crippen molar-refractivity contribution in [2.75, 3.05) is 20.3 Å². The fourth-order valence-electron chi connectivity index (χ4n) is 3.88. The molecule has 2 heterocycles. The fourth-order valence-corrected chi connectivity index (χ4v) is 3.88. The van der Waals surface area contributed by atoms with Gasteiger partial charge in [-0.15, -0.1) is 0 Å². The van der Waals surface area contributed by atoms with Crippen molar-refractivity contribution in [3.8, 4) is 0 Å². The Balaban J connectivity index is 1.91. The summed E-state index contributed by atoms with van der Waals surface area (Å²) in [5, 5.41) is 50.0. The van der Waals surface area contributed by atoms with Crippen molar-refractivity contribution < 1.29 is 58.8 Å². The van der Waals surface area contributed by atoms with Gasteiger partial charge in [-0.3, -0.25) is 4.79 Å². The highest BCUT2D eigenvalue weighted by atomic mass is 16.8. The lowest BCUT2D eigenvalue weighted by Gasteiger charge is -2.41. The third-order valence-corrected chi connectivity index (χ3v) is 5.51. The predicted octanol–water partition coefficient (Wildman–Crippen LogP) is -2.54. The van der Waals surface area contributed by atoms with Crippen LogP contribution in [0.4, 0.5) is 0 Å². The van der Waals surface area contributed by atoms with Gasteiger partial charge in [0.2, 0.25) is 6.29 Å². The van der Waals surface area contributed by atoms with Gasteiger partial charge < -0.3 is 49.2 Å². The lowest BCUT2D eigenvalue weighted by Crippen LogP contribution is -2.60. The quantitative estimate of drug-likeness (QED) is 0.213. The number of carbonyl (C=O) groups is 2. The number of aliphatic hydroxyl groups is 5. The van der Waals surface area contributed by atoms with E-state index in [1.54, 1.807) is 0 Å². The van der Waals surface area contributed by atoms with Crippen molar-refractivity contribution in [1.82, 2.24) is 0 Å². The Hall–Kier alpha value is -2.06. The van der Waals surface area contributed by atoms with E-state index in [1.807, 2.05) is 0 Å². The Morgan fingerprint density at radius 1 is 1.16 bits per heavy atom. The zero-order valence-corrected chi connectivity index (χ0v) is 16.9. The first kappa shape index (κ1) is 23.6. The summed E-state index contributed by atoms with van der Waals surface area (Å²) < 4.78 is 26.3. The van der Waals surface area contributed by atoms with Crippen molar-refractivity contribution in [3.63, 3.8) is 0 Å². The van der Waals surface area contributed by atoms with E-state index in [0.717, 1.165) is 6.26 Å². The second kappa shape index (κ2) is 9.61. The summed E-state index contributed by atoms with van der Waals surface area (Å²) in [6, 6.07) is 0. The predicted molar refractivity (Wildman–Crippen MR) is 97.6 cm³/mol. The number of fused-ring (bicyclic) bond motifs is 1. The first-order valence-electron chi connectivity index (χ1n) is 9.63. The Bertz CT molecular complexity index is 759. The molecule has 12 nitrogen and oxygen atoms in total. The molecular formula is C19H26O12. The Kier molecular flexibility index (Phi) is 7.31. The zero-order chi connectivity index (χ0) is 22.9. The molecule has 12 heteroatoms. The molecule has 1 fully saturated rings. The van der Waals surface area contributed by atoms with Crippen molar-refractivity contribution >= 4 is 11.9 Å². The smallest absolute Gasteiger partial charge is 0.337 e. The van der Waals surface area contributed by atoms with E-state index in [0.29, 0.717) is 0 Å². The molecule has 8 atom stereocenters. The van der Waals surface area contributed by atoms with Crippen molar-refractivity contribution in [2.24, 2.45) is 5.92 Å². The summed E-state index contributed by atoms with van der Waals surface area (Å²) in [6.45, 7) is 0.266. The van der Waals surface area contributed by atoms with Gasteiger partial charge in [-0.1, -0.05) is 0 Å². The summed E-state index contributed by atoms with van der Waals surface area (Å²) in [4.78, 5) is 23.4. The van der Waals surface area contributed by atoms with E-state index in [-0.39, 0.29) is 29.7 Å². The summed E-state index contributed by atoms with van der Waals surface area (Å²) in [5.41, 5.74) is 0.654. The summed E-state index contributed by atoms with van der Waals surface area (Å²) >= 11 is 0. The van der Waals surface area contributed by atoms with Crippen LogP contribution in [0.1, 0.15) is 13.3 Å². The minimum Gasteiger partial charge on any atom is -0.468 e. The van der Waals surface area contributed by atoms with Gasteiger partial charge in [0.25, 0.3) is 0 Å². The molecule has 0 radical (unpaired) electrons. The molecule has 3 aliphatic rings. The van der Waals surface area contributed by atoms with E-state index >= 15 is 0 Å². The molecule has 1 saturated heterocycles. The third-order valence-electron chi connectivity index (χ3n) is 5.51. The topological polar surface area (TPSA) is 181 Å². The highest BCUT2D eigenvalue weighted by Gasteiger charge is 2.49. The molecule has 0 saturated carbocycles. The van der Waals surface area contributed by atoms with Crippen LogP contribution < -0.4 is 0 Å². The molecule has 0 unspecified atom stereocenters. The van der Waals surface area contributed by atoms with Crippen LogP contribution in [0.2, 0.25) is 0 Å². The fraction of sp³-hybridized carbons (Fsp3) is 0.684. The highest BCUT2D eigenvalue weighted by Crippen LogP contribution is 2.44. The molecule has 31 heavy (non-hydrogen) atoms. The summed E-state index contributed by atoms with van der Waals surface area (Å²) in [7, 11) is 1.19. The standard InChI is InChI=1S/C19H26O12/c1-7(21)28-6-10-11(22)3-8-9(17(26)27-2)5-29-18(13(8)10)31-19-16(25)15(24)14(23)12(4-20)30-19/h5,8,11-12,14-16,18-20,22-25H,3-4,6H2,1-2H3/t8-,11-,12+,14+,15-,16+,18-,19-/m0/s1. The Morgan fingerprint density at radius 3 is 2.48 bits per heavy atom. The van der Waals surface area contributed by atoms with Crippen LogP contribution in [0.3, 0.4) is 0 Å². The van der Waals surface area contributed by atoms with Crippen molar-refractivity contribution in [3.05, 3.63) is 23.0 Å². The SMILES string of the molecule is COC(=O)C1=CO[C@@H](O[C@@H]2O[C@H](CO)[C@@H](O)[C@H](O)[C@H]2O)C2=C(COC(C)=O)[C@@H](O)C[C@@H]12. The molecule has 1 aliphatic carbocycles. The first-order chi connectivity index (χ1) is 14.7. The van der Waals surface area contributed by atoms with Gasteiger partial charge in [-0.05, 0) is 6.42 Å². The van der Waals surface area contributed by atoms with Crippen molar-refractivity contribution in [1.29, 1.82) is 0 Å². The molecule has 2 aliphatic heterocycles. The van der Waals surface area contributed by atoms with Gasteiger partial charge in [-0.2, -0.15) is 0 Å². The van der Waals surface area contributed by atoms with Crippen LogP contribution in [-0.2, 0) is 33.3 Å². The van der Waals surface area contributed by atoms with E-state index in [1.165, 1.54) is 14.0 Å². The van der Waals surface area contributed by atoms with Gasteiger partial charge in [0.15, 0.2) is 6.29 Å². The minimum atomic E-state index is -1.69. The molecule has 5 N–H and O–H groups in total. The molecule has 0 amide bonds. The zero-order valence-electron chi connectivity index (χ0n) is 16.9. The number of hydrogen-bond donors (Lipinski definition) is 5. The molecular weight excluding hydrogens is 420 g/mol. The van der Waals surface area contributed by atoms with E-state index in [2.05, 4.69) is 0 Å². The Morgan fingerprint density at radius 2 is 1.87 bits per heavy atom. The van der Waals surface area contributed by atoms with Gasteiger partial charge in [0, 0.05) is 24.0 Å². The van der Waals surface area contributed by atoms with Crippen molar-refractivity contribution in [2.45, 2.75) is 56.4 Å². The molecule has 174 valence electrons. The number of ether oxygens (including phenoxy) is 5. The molecule has 3 rings (SSSR count). The lowest BCUT2D eigenvalue weighted by molar-refractivity contribution is -0.327. The highest BCUT2D eigenvalue weighted by molar-refractivity contribution is 5.90. The average Bonchev–Trinajstić information content (AvgIpc) is 3.08. The number of rotatable bonds is 6. The van der Waals surface area contributed by atoms with Crippen LogP contribution in [0.5, 0.6) is 0 Å². The normalized spacial score (nSPS) is 37.6. The van der Waals surface area contributed by atoms with Gasteiger partial charge in [0.05, 0.1) is 31.7 Å².